The van der Waals surface area contributed by atoms with Crippen molar-refractivity contribution in [1.82, 2.24) is 4.90 Å². The third-order valence-corrected chi connectivity index (χ3v) is 7.37. The summed E-state index contributed by atoms with van der Waals surface area (Å²) in [5, 5.41) is 0. The normalized spacial score (nSPS) is 19.8. The molecular formula is C21H24N2O3S. The lowest BCUT2D eigenvalue weighted by atomic mass is 10.0. The molecule has 0 aromatic heterocycles. The summed E-state index contributed by atoms with van der Waals surface area (Å²) in [7, 11) is -3.62. The molecule has 0 N–H and O–H groups in total. The lowest BCUT2D eigenvalue weighted by Gasteiger charge is -2.27. The lowest BCUT2D eigenvalue weighted by molar-refractivity contribution is 0.0724. The molecular weight excluding hydrogens is 360 g/mol. The van der Waals surface area contributed by atoms with Crippen LogP contribution in [0.15, 0.2) is 53.4 Å². The Hall–Kier alpha value is -2.34. The van der Waals surface area contributed by atoms with Crippen LogP contribution in [0.1, 0.15) is 42.1 Å². The van der Waals surface area contributed by atoms with E-state index in [1.54, 1.807) is 42.5 Å². The molecule has 0 radical (unpaired) electrons. The smallest absolute Gasteiger partial charge is 0.264 e. The SMILES string of the molecule is CC1Cc2cc(C(=O)N3CCCCC3)ccc2N1S(=O)(=O)c1ccccc1. The minimum Gasteiger partial charge on any atom is -0.339 e. The minimum atomic E-state index is -3.62. The van der Waals surface area contributed by atoms with Crippen LogP contribution < -0.4 is 4.31 Å². The summed E-state index contributed by atoms with van der Waals surface area (Å²) < 4.78 is 27.7. The van der Waals surface area contributed by atoms with Gasteiger partial charge in [-0.25, -0.2) is 8.42 Å². The molecule has 0 saturated carbocycles. The zero-order valence-corrected chi connectivity index (χ0v) is 16.3. The molecule has 2 heterocycles. The molecule has 2 aromatic carbocycles. The fourth-order valence-electron chi connectivity index (χ4n) is 4.09. The van der Waals surface area contributed by atoms with E-state index in [9.17, 15) is 13.2 Å². The summed E-state index contributed by atoms with van der Waals surface area (Å²) in [6.45, 7) is 3.52. The predicted octanol–water partition coefficient (Wildman–Crippen LogP) is 3.45. The number of nitrogens with zero attached hydrogens (tertiary/aromatic N) is 2. The highest BCUT2D eigenvalue weighted by Crippen LogP contribution is 2.37. The quantitative estimate of drug-likeness (QED) is 0.814. The Morgan fingerprint density at radius 2 is 1.70 bits per heavy atom. The zero-order chi connectivity index (χ0) is 19.0. The Bertz CT molecular complexity index is 951. The van der Waals surface area contributed by atoms with Gasteiger partial charge >= 0.3 is 0 Å². The zero-order valence-electron chi connectivity index (χ0n) is 15.5. The van der Waals surface area contributed by atoms with E-state index in [2.05, 4.69) is 0 Å². The fourth-order valence-corrected chi connectivity index (χ4v) is 5.80. The topological polar surface area (TPSA) is 57.7 Å². The summed E-state index contributed by atoms with van der Waals surface area (Å²) in [6, 6.07) is 13.8. The van der Waals surface area contributed by atoms with Crippen molar-refractivity contribution in [1.29, 1.82) is 0 Å². The number of carbonyl (C=O) groups is 1. The van der Waals surface area contributed by atoms with Crippen molar-refractivity contribution in [2.24, 2.45) is 0 Å². The first kappa shape index (κ1) is 18.0. The highest BCUT2D eigenvalue weighted by atomic mass is 32.2. The van der Waals surface area contributed by atoms with Gasteiger partial charge in [0.25, 0.3) is 15.9 Å². The average Bonchev–Trinajstić information content (AvgIpc) is 3.04. The first-order valence-electron chi connectivity index (χ1n) is 9.50. The summed E-state index contributed by atoms with van der Waals surface area (Å²) in [6.07, 6.45) is 3.90. The van der Waals surface area contributed by atoms with Crippen LogP contribution >= 0.6 is 0 Å². The van der Waals surface area contributed by atoms with Crippen molar-refractivity contribution in [3.63, 3.8) is 0 Å². The van der Waals surface area contributed by atoms with E-state index in [1.807, 2.05) is 17.9 Å². The van der Waals surface area contributed by atoms with E-state index in [4.69, 9.17) is 0 Å². The number of sulfonamides is 1. The second-order valence-electron chi connectivity index (χ2n) is 7.36. The molecule has 5 nitrogen and oxygen atoms in total. The molecule has 2 aliphatic rings. The van der Waals surface area contributed by atoms with E-state index in [-0.39, 0.29) is 16.8 Å². The number of amides is 1. The Morgan fingerprint density at radius 1 is 1.00 bits per heavy atom. The van der Waals surface area contributed by atoms with Crippen molar-refractivity contribution in [3.05, 3.63) is 59.7 Å². The average molecular weight is 385 g/mol. The number of anilines is 1. The van der Waals surface area contributed by atoms with Crippen LogP contribution in [0.25, 0.3) is 0 Å². The summed E-state index contributed by atoms with van der Waals surface area (Å²) in [5.41, 5.74) is 2.26. The number of carbonyl (C=O) groups excluding carboxylic acids is 1. The molecule has 2 aliphatic heterocycles. The predicted molar refractivity (Wildman–Crippen MR) is 105 cm³/mol. The molecule has 6 heteroatoms. The third kappa shape index (κ3) is 3.23. The van der Waals surface area contributed by atoms with Gasteiger partial charge in [0.05, 0.1) is 10.6 Å². The Kier molecular flexibility index (Phi) is 4.68. The Labute approximate surface area is 160 Å². The monoisotopic (exact) mass is 384 g/mol. The van der Waals surface area contributed by atoms with Crippen molar-refractivity contribution in [2.75, 3.05) is 17.4 Å². The molecule has 1 atom stereocenters. The molecule has 1 amide bonds. The van der Waals surface area contributed by atoms with Crippen molar-refractivity contribution in [3.8, 4) is 0 Å². The van der Waals surface area contributed by atoms with Crippen LogP contribution in [0.5, 0.6) is 0 Å². The van der Waals surface area contributed by atoms with Crippen LogP contribution in [0, 0.1) is 0 Å². The van der Waals surface area contributed by atoms with Crippen molar-refractivity contribution in [2.45, 2.75) is 43.5 Å². The lowest BCUT2D eigenvalue weighted by Crippen LogP contribution is -2.36. The van der Waals surface area contributed by atoms with Crippen LogP contribution in [0.4, 0.5) is 5.69 Å². The van der Waals surface area contributed by atoms with E-state index in [0.29, 0.717) is 17.7 Å². The first-order chi connectivity index (χ1) is 13.0. The highest BCUT2D eigenvalue weighted by Gasteiger charge is 2.36. The van der Waals surface area contributed by atoms with Gasteiger partial charge in [-0.05, 0) is 68.5 Å². The number of likely N-dealkylation sites (tertiary alicyclic amines) is 1. The van der Waals surface area contributed by atoms with E-state index >= 15 is 0 Å². The van der Waals surface area contributed by atoms with Crippen molar-refractivity contribution >= 4 is 21.6 Å². The van der Waals surface area contributed by atoms with Gasteiger partial charge in [0.15, 0.2) is 0 Å². The Morgan fingerprint density at radius 3 is 2.41 bits per heavy atom. The molecule has 2 aromatic rings. The maximum absolute atomic E-state index is 13.1. The van der Waals surface area contributed by atoms with Gasteiger partial charge in [0.1, 0.15) is 0 Å². The van der Waals surface area contributed by atoms with Gasteiger partial charge in [0, 0.05) is 24.7 Å². The number of hydrogen-bond donors (Lipinski definition) is 0. The molecule has 1 saturated heterocycles. The Balaban J connectivity index is 1.66. The largest absolute Gasteiger partial charge is 0.339 e. The highest BCUT2D eigenvalue weighted by molar-refractivity contribution is 7.92. The molecule has 0 aliphatic carbocycles. The molecule has 142 valence electrons. The molecule has 4 rings (SSSR count). The molecule has 0 bridgehead atoms. The van der Waals surface area contributed by atoms with Gasteiger partial charge in [-0.15, -0.1) is 0 Å². The second kappa shape index (κ2) is 7.00. The second-order valence-corrected chi connectivity index (χ2v) is 9.18. The maximum Gasteiger partial charge on any atom is 0.264 e. The molecule has 27 heavy (non-hydrogen) atoms. The van der Waals surface area contributed by atoms with Crippen LogP contribution in [0.3, 0.4) is 0 Å². The minimum absolute atomic E-state index is 0.0505. The van der Waals surface area contributed by atoms with Gasteiger partial charge in [-0.3, -0.25) is 9.10 Å². The number of piperidine rings is 1. The number of rotatable bonds is 3. The van der Waals surface area contributed by atoms with Crippen LogP contribution in [-0.4, -0.2) is 38.4 Å². The van der Waals surface area contributed by atoms with E-state index in [1.165, 1.54) is 10.7 Å². The van der Waals surface area contributed by atoms with Gasteiger partial charge < -0.3 is 4.90 Å². The summed E-state index contributed by atoms with van der Waals surface area (Å²) >= 11 is 0. The first-order valence-corrected chi connectivity index (χ1v) is 10.9. The third-order valence-electron chi connectivity index (χ3n) is 5.42. The molecule has 1 fully saturated rings. The van der Waals surface area contributed by atoms with Crippen molar-refractivity contribution < 1.29 is 13.2 Å². The number of fused-ring (bicyclic) bond motifs is 1. The van der Waals surface area contributed by atoms with Gasteiger partial charge in [0.2, 0.25) is 0 Å². The standard InChI is InChI=1S/C21H24N2O3S/c1-16-14-18-15-17(21(24)22-12-6-3-7-13-22)10-11-20(18)23(16)27(25,26)19-8-4-2-5-9-19/h2,4-5,8-11,15-16H,3,6-7,12-14H2,1H3. The summed E-state index contributed by atoms with van der Waals surface area (Å²) in [4.78, 5) is 15.0. The molecule has 0 spiro atoms. The van der Waals surface area contributed by atoms with E-state index in [0.717, 1.165) is 31.5 Å². The van der Waals surface area contributed by atoms with E-state index < -0.39 is 10.0 Å². The molecule has 1 unspecified atom stereocenters. The van der Waals surface area contributed by atoms with Gasteiger partial charge in [-0.1, -0.05) is 18.2 Å². The van der Waals surface area contributed by atoms with Crippen LogP contribution in [-0.2, 0) is 16.4 Å². The number of benzene rings is 2. The summed E-state index contributed by atoms with van der Waals surface area (Å²) in [5.74, 6) is 0.0505. The van der Waals surface area contributed by atoms with Crippen LogP contribution in [0.2, 0.25) is 0 Å². The fraction of sp³-hybridized carbons (Fsp3) is 0.381. The van der Waals surface area contributed by atoms with Gasteiger partial charge in [-0.2, -0.15) is 0 Å². The number of hydrogen-bond acceptors (Lipinski definition) is 3. The maximum atomic E-state index is 13.1.